The first kappa shape index (κ1) is 12.1. The highest BCUT2D eigenvalue weighted by Gasteiger charge is 2.14. The summed E-state index contributed by atoms with van der Waals surface area (Å²) in [6.07, 6.45) is 0.880. The van der Waals surface area contributed by atoms with Crippen LogP contribution < -0.4 is 11.3 Å². The van der Waals surface area contributed by atoms with Crippen molar-refractivity contribution in [1.82, 2.24) is 5.43 Å². The predicted molar refractivity (Wildman–Crippen MR) is 72.2 cm³/mol. The molecular formula is C11H13ClN2S2. The van der Waals surface area contributed by atoms with Gasteiger partial charge in [-0.2, -0.15) is 11.3 Å². The lowest BCUT2D eigenvalue weighted by molar-refractivity contribution is 0.555. The summed E-state index contributed by atoms with van der Waals surface area (Å²) in [5.74, 6) is 5.61. The molecule has 2 rings (SSSR count). The predicted octanol–water partition coefficient (Wildman–Crippen LogP) is 3.52. The Labute approximate surface area is 108 Å². The number of nitrogens with one attached hydrogen (secondary N) is 1. The minimum Gasteiger partial charge on any atom is -0.271 e. The van der Waals surface area contributed by atoms with Gasteiger partial charge in [-0.25, -0.2) is 0 Å². The zero-order valence-corrected chi connectivity index (χ0v) is 11.3. The number of hydrazine groups is 1. The maximum Gasteiger partial charge on any atom is 0.0931 e. The molecule has 0 saturated heterocycles. The summed E-state index contributed by atoms with van der Waals surface area (Å²) < 4.78 is 0.827. The van der Waals surface area contributed by atoms with Gasteiger partial charge in [-0.3, -0.25) is 11.3 Å². The molecule has 0 aliphatic heterocycles. The van der Waals surface area contributed by atoms with Crippen molar-refractivity contribution in [3.8, 4) is 0 Å². The Morgan fingerprint density at radius 1 is 1.44 bits per heavy atom. The summed E-state index contributed by atoms with van der Waals surface area (Å²) in [7, 11) is 0. The number of halogens is 1. The van der Waals surface area contributed by atoms with E-state index in [-0.39, 0.29) is 6.04 Å². The third kappa shape index (κ3) is 2.64. The van der Waals surface area contributed by atoms with Crippen LogP contribution in [0.4, 0.5) is 0 Å². The minimum atomic E-state index is 0.168. The van der Waals surface area contributed by atoms with Crippen LogP contribution in [0.3, 0.4) is 0 Å². The van der Waals surface area contributed by atoms with E-state index < -0.39 is 0 Å². The first-order valence-electron chi connectivity index (χ1n) is 4.93. The third-order valence-electron chi connectivity index (χ3n) is 2.51. The molecule has 0 saturated carbocycles. The highest BCUT2D eigenvalue weighted by molar-refractivity contribution is 7.16. The van der Waals surface area contributed by atoms with Crippen LogP contribution in [0.1, 0.15) is 22.0 Å². The van der Waals surface area contributed by atoms with Crippen LogP contribution in [0.15, 0.2) is 22.9 Å². The molecule has 1 unspecified atom stereocenters. The van der Waals surface area contributed by atoms with Gasteiger partial charge < -0.3 is 0 Å². The molecule has 0 aliphatic rings. The molecule has 0 spiro atoms. The lowest BCUT2D eigenvalue weighted by Gasteiger charge is -2.14. The maximum absolute atomic E-state index is 5.91. The molecule has 2 aromatic rings. The third-order valence-corrected chi connectivity index (χ3v) is 4.64. The Bertz CT molecular complexity index is 464. The van der Waals surface area contributed by atoms with Gasteiger partial charge in [-0.05, 0) is 40.9 Å². The van der Waals surface area contributed by atoms with Gasteiger partial charge in [0.2, 0.25) is 0 Å². The summed E-state index contributed by atoms with van der Waals surface area (Å²) in [6, 6.07) is 4.15. The Hall–Kier alpha value is -0.390. The quantitative estimate of drug-likeness (QED) is 0.660. The van der Waals surface area contributed by atoms with E-state index in [4.69, 9.17) is 17.4 Å². The normalized spacial score (nSPS) is 12.9. The van der Waals surface area contributed by atoms with E-state index in [1.165, 1.54) is 16.0 Å². The molecule has 1 atom stereocenters. The van der Waals surface area contributed by atoms with Crippen molar-refractivity contribution >= 4 is 34.3 Å². The lowest BCUT2D eigenvalue weighted by atomic mass is 10.0. The average molecular weight is 273 g/mol. The second-order valence-electron chi connectivity index (χ2n) is 3.64. The van der Waals surface area contributed by atoms with Gasteiger partial charge in [0.1, 0.15) is 0 Å². The van der Waals surface area contributed by atoms with E-state index in [9.17, 15) is 0 Å². The van der Waals surface area contributed by atoms with Crippen LogP contribution in [0.25, 0.3) is 0 Å². The molecule has 2 nitrogen and oxygen atoms in total. The van der Waals surface area contributed by atoms with Crippen LogP contribution in [0, 0.1) is 6.92 Å². The molecule has 2 aromatic heterocycles. The van der Waals surface area contributed by atoms with Gasteiger partial charge >= 0.3 is 0 Å². The fraction of sp³-hybridized carbons (Fsp3) is 0.273. The van der Waals surface area contributed by atoms with E-state index in [1.807, 2.05) is 6.07 Å². The largest absolute Gasteiger partial charge is 0.271 e. The molecule has 2 heterocycles. The number of nitrogens with two attached hydrogens (primary N) is 1. The summed E-state index contributed by atoms with van der Waals surface area (Å²) in [5.41, 5.74) is 5.44. The first-order valence-corrected chi connectivity index (χ1v) is 7.07. The maximum atomic E-state index is 5.91. The van der Waals surface area contributed by atoms with Crippen molar-refractivity contribution in [2.45, 2.75) is 19.4 Å². The zero-order chi connectivity index (χ0) is 11.5. The Kier molecular flexibility index (Phi) is 4.00. The zero-order valence-electron chi connectivity index (χ0n) is 8.87. The lowest BCUT2D eigenvalue weighted by Crippen LogP contribution is -2.29. The van der Waals surface area contributed by atoms with Gasteiger partial charge in [-0.1, -0.05) is 11.6 Å². The molecule has 5 heteroatoms. The van der Waals surface area contributed by atoms with Crippen molar-refractivity contribution in [1.29, 1.82) is 0 Å². The van der Waals surface area contributed by atoms with Crippen LogP contribution >= 0.6 is 34.3 Å². The smallest absolute Gasteiger partial charge is 0.0931 e. The number of hydrogen-bond acceptors (Lipinski definition) is 4. The molecule has 16 heavy (non-hydrogen) atoms. The molecular weight excluding hydrogens is 260 g/mol. The van der Waals surface area contributed by atoms with Gasteiger partial charge in [0.25, 0.3) is 0 Å². The highest BCUT2D eigenvalue weighted by atomic mass is 35.5. The second-order valence-corrected chi connectivity index (χ2v) is 6.18. The van der Waals surface area contributed by atoms with Crippen LogP contribution in [0.5, 0.6) is 0 Å². The summed E-state index contributed by atoms with van der Waals surface area (Å²) in [6.45, 7) is 2.11. The molecule has 0 aliphatic carbocycles. The van der Waals surface area contributed by atoms with Crippen molar-refractivity contribution in [3.05, 3.63) is 43.2 Å². The van der Waals surface area contributed by atoms with Crippen LogP contribution in [-0.2, 0) is 6.42 Å². The number of hydrogen-bond donors (Lipinski definition) is 2. The fourth-order valence-corrected chi connectivity index (χ4v) is 3.69. The standard InChI is InChI=1S/C11H13ClN2S2/c1-7-5-15-6-9(7)10(14-13)4-8-2-3-11(12)16-8/h2-3,5-6,10,14H,4,13H2,1H3. The molecule has 0 amide bonds. The first-order chi connectivity index (χ1) is 7.70. The van der Waals surface area contributed by atoms with E-state index >= 15 is 0 Å². The van der Waals surface area contributed by atoms with Gasteiger partial charge in [0.05, 0.1) is 10.4 Å². The Balaban J connectivity index is 2.15. The van der Waals surface area contributed by atoms with Gasteiger partial charge in [0.15, 0.2) is 0 Å². The topological polar surface area (TPSA) is 38.0 Å². The Morgan fingerprint density at radius 2 is 2.25 bits per heavy atom. The van der Waals surface area contributed by atoms with Crippen molar-refractivity contribution < 1.29 is 0 Å². The van der Waals surface area contributed by atoms with E-state index in [2.05, 4.69) is 29.2 Å². The Morgan fingerprint density at radius 3 is 2.75 bits per heavy atom. The van der Waals surface area contributed by atoms with E-state index in [0.29, 0.717) is 0 Å². The number of thiophene rings is 2. The highest BCUT2D eigenvalue weighted by Crippen LogP contribution is 2.28. The van der Waals surface area contributed by atoms with Gasteiger partial charge in [0, 0.05) is 11.3 Å². The second kappa shape index (κ2) is 5.29. The van der Waals surface area contributed by atoms with E-state index in [0.717, 1.165) is 10.8 Å². The molecule has 0 bridgehead atoms. The summed E-state index contributed by atoms with van der Waals surface area (Å²) >= 11 is 9.23. The van der Waals surface area contributed by atoms with Crippen molar-refractivity contribution in [2.75, 3.05) is 0 Å². The molecule has 0 radical (unpaired) electrons. The number of aryl methyl sites for hydroxylation is 1. The fourth-order valence-electron chi connectivity index (χ4n) is 1.65. The molecule has 3 N–H and O–H groups in total. The number of rotatable bonds is 4. The van der Waals surface area contributed by atoms with Crippen molar-refractivity contribution in [2.24, 2.45) is 5.84 Å². The minimum absolute atomic E-state index is 0.168. The average Bonchev–Trinajstić information content (AvgIpc) is 2.84. The molecule has 86 valence electrons. The van der Waals surface area contributed by atoms with Crippen molar-refractivity contribution in [3.63, 3.8) is 0 Å². The molecule has 0 aromatic carbocycles. The monoisotopic (exact) mass is 272 g/mol. The summed E-state index contributed by atoms with van der Waals surface area (Å²) in [5, 5.41) is 4.29. The van der Waals surface area contributed by atoms with Crippen LogP contribution in [-0.4, -0.2) is 0 Å². The van der Waals surface area contributed by atoms with E-state index in [1.54, 1.807) is 22.7 Å². The SMILES string of the molecule is Cc1cscc1C(Cc1ccc(Cl)s1)NN. The van der Waals surface area contributed by atoms with Crippen LogP contribution in [0.2, 0.25) is 4.34 Å². The molecule has 0 fully saturated rings. The summed E-state index contributed by atoms with van der Waals surface area (Å²) in [4.78, 5) is 1.25. The van der Waals surface area contributed by atoms with Gasteiger partial charge in [-0.15, -0.1) is 11.3 Å².